The molecule has 0 saturated carbocycles. The highest BCUT2D eigenvalue weighted by Crippen LogP contribution is 2.22. The lowest BCUT2D eigenvalue weighted by Crippen LogP contribution is -2.37. The molecule has 0 aliphatic carbocycles. The van der Waals surface area contributed by atoms with E-state index in [9.17, 15) is 17.6 Å². The second kappa shape index (κ2) is 6.59. The van der Waals surface area contributed by atoms with Gasteiger partial charge < -0.3 is 9.84 Å². The first-order valence-electron chi connectivity index (χ1n) is 6.70. The maximum absolute atomic E-state index is 13.9. The number of carboxylic acids is 1. The van der Waals surface area contributed by atoms with Crippen LogP contribution in [0.15, 0.2) is 12.1 Å². The maximum Gasteiger partial charge on any atom is 0.336 e. The number of nitrogens with one attached hydrogen (secondary N) is 1. The molecule has 9 heteroatoms. The van der Waals surface area contributed by atoms with Gasteiger partial charge in [-0.15, -0.1) is 0 Å². The Bertz CT molecular complexity index is 669. The highest BCUT2D eigenvalue weighted by Gasteiger charge is 2.25. The fourth-order valence-electron chi connectivity index (χ4n) is 2.15. The number of nitrogens with zero attached hydrogens (tertiary/aromatic N) is 1. The van der Waals surface area contributed by atoms with Gasteiger partial charge in [-0.05, 0) is 31.0 Å². The van der Waals surface area contributed by atoms with Gasteiger partial charge >= 0.3 is 16.2 Å². The number of halogens is 1. The largest absolute Gasteiger partial charge is 0.478 e. The van der Waals surface area contributed by atoms with Crippen molar-refractivity contribution in [3.05, 3.63) is 29.1 Å². The molecule has 1 saturated heterocycles. The lowest BCUT2D eigenvalue weighted by molar-refractivity contribution is 0.0696. The van der Waals surface area contributed by atoms with Gasteiger partial charge in [0, 0.05) is 19.7 Å². The highest BCUT2D eigenvalue weighted by atomic mass is 32.2. The van der Waals surface area contributed by atoms with Gasteiger partial charge in [0.1, 0.15) is 5.82 Å². The van der Waals surface area contributed by atoms with Crippen LogP contribution in [-0.4, -0.2) is 50.1 Å². The summed E-state index contributed by atoms with van der Waals surface area (Å²) in [6.45, 7) is 2.59. The lowest BCUT2D eigenvalue weighted by atomic mass is 10.1. The smallest absolute Gasteiger partial charge is 0.336 e. The molecule has 1 fully saturated rings. The summed E-state index contributed by atoms with van der Waals surface area (Å²) in [5.41, 5.74) is -0.317. The first kappa shape index (κ1) is 16.7. The van der Waals surface area contributed by atoms with Crippen molar-refractivity contribution in [1.29, 1.82) is 0 Å². The molecule has 0 radical (unpaired) electrons. The summed E-state index contributed by atoms with van der Waals surface area (Å²) in [7, 11) is -3.97. The zero-order valence-corrected chi connectivity index (χ0v) is 12.8. The van der Waals surface area contributed by atoms with Crippen molar-refractivity contribution in [3.63, 3.8) is 0 Å². The lowest BCUT2D eigenvalue weighted by Gasteiger charge is -2.20. The van der Waals surface area contributed by atoms with Crippen LogP contribution in [0, 0.1) is 12.7 Å². The van der Waals surface area contributed by atoms with E-state index in [4.69, 9.17) is 9.84 Å². The monoisotopic (exact) mass is 332 g/mol. The van der Waals surface area contributed by atoms with Crippen LogP contribution in [0.25, 0.3) is 0 Å². The molecule has 2 rings (SSSR count). The third-order valence-corrected chi connectivity index (χ3v) is 4.83. The maximum atomic E-state index is 13.9. The zero-order valence-electron chi connectivity index (χ0n) is 12.0. The van der Waals surface area contributed by atoms with Gasteiger partial charge in [-0.1, -0.05) is 0 Å². The Hall–Kier alpha value is -1.71. The van der Waals surface area contributed by atoms with Gasteiger partial charge in [0.2, 0.25) is 0 Å². The van der Waals surface area contributed by atoms with Gasteiger partial charge in [-0.2, -0.15) is 12.7 Å². The molecule has 1 aliphatic heterocycles. The van der Waals surface area contributed by atoms with Crippen LogP contribution in [0.1, 0.15) is 22.3 Å². The van der Waals surface area contributed by atoms with Gasteiger partial charge in [0.15, 0.2) is 0 Å². The number of carbonyl (C=O) groups is 1. The summed E-state index contributed by atoms with van der Waals surface area (Å²) < 4.78 is 46.9. The van der Waals surface area contributed by atoms with Crippen molar-refractivity contribution in [1.82, 2.24) is 4.31 Å². The van der Waals surface area contributed by atoms with E-state index < -0.39 is 22.0 Å². The normalized spacial score (nSPS) is 17.0. The van der Waals surface area contributed by atoms with Gasteiger partial charge in [-0.3, -0.25) is 4.72 Å². The molecule has 2 N–H and O–H groups in total. The van der Waals surface area contributed by atoms with Gasteiger partial charge in [0.05, 0.1) is 17.9 Å². The number of hydrogen-bond donors (Lipinski definition) is 2. The summed E-state index contributed by atoms with van der Waals surface area (Å²) >= 11 is 0. The Morgan fingerprint density at radius 1 is 1.36 bits per heavy atom. The minimum atomic E-state index is -3.97. The van der Waals surface area contributed by atoms with E-state index in [1.54, 1.807) is 0 Å². The Balaban J connectivity index is 2.28. The van der Waals surface area contributed by atoms with Crippen molar-refractivity contribution in [2.75, 3.05) is 31.0 Å². The topological polar surface area (TPSA) is 95.9 Å². The average Bonchev–Trinajstić information content (AvgIpc) is 2.70. The molecule has 0 bridgehead atoms. The summed E-state index contributed by atoms with van der Waals surface area (Å²) in [5.74, 6) is -2.07. The van der Waals surface area contributed by atoms with Crippen LogP contribution in [0.4, 0.5) is 10.1 Å². The zero-order chi connectivity index (χ0) is 16.3. The van der Waals surface area contributed by atoms with Crippen molar-refractivity contribution < 1.29 is 27.4 Å². The first-order chi connectivity index (χ1) is 10.3. The minimum Gasteiger partial charge on any atom is -0.478 e. The van der Waals surface area contributed by atoms with E-state index >= 15 is 0 Å². The van der Waals surface area contributed by atoms with E-state index in [1.807, 2.05) is 0 Å². The van der Waals surface area contributed by atoms with Crippen molar-refractivity contribution in [2.24, 2.45) is 0 Å². The van der Waals surface area contributed by atoms with E-state index in [2.05, 4.69) is 4.72 Å². The third kappa shape index (κ3) is 3.73. The van der Waals surface area contributed by atoms with Crippen molar-refractivity contribution in [2.45, 2.75) is 13.3 Å². The number of ether oxygens (including phenoxy) is 1. The Morgan fingerprint density at radius 2 is 2.09 bits per heavy atom. The Kier molecular flexibility index (Phi) is 4.99. The van der Waals surface area contributed by atoms with E-state index in [-0.39, 0.29) is 36.5 Å². The van der Waals surface area contributed by atoms with Crippen LogP contribution in [-0.2, 0) is 14.9 Å². The summed E-state index contributed by atoms with van der Waals surface area (Å²) in [4.78, 5) is 11.1. The molecule has 7 nitrogen and oxygen atoms in total. The molecule has 1 aromatic carbocycles. The third-order valence-electron chi connectivity index (χ3n) is 3.30. The molecular weight excluding hydrogens is 315 g/mol. The SMILES string of the molecule is Cc1cc(F)c(NS(=O)(=O)N2CCCOCC2)cc1C(=O)O. The molecule has 0 aromatic heterocycles. The van der Waals surface area contributed by atoms with Gasteiger partial charge in [0.25, 0.3) is 0 Å². The predicted molar refractivity (Wildman–Crippen MR) is 77.6 cm³/mol. The molecule has 0 atom stereocenters. The molecule has 1 aliphatic rings. The number of aryl methyl sites for hydroxylation is 1. The molecule has 0 unspecified atom stereocenters. The van der Waals surface area contributed by atoms with Crippen LogP contribution in [0.5, 0.6) is 0 Å². The predicted octanol–water partition coefficient (Wildman–Crippen LogP) is 1.21. The van der Waals surface area contributed by atoms with Crippen molar-refractivity contribution in [3.8, 4) is 0 Å². The minimum absolute atomic E-state index is 0.154. The van der Waals surface area contributed by atoms with Crippen molar-refractivity contribution >= 4 is 21.9 Å². The number of anilines is 1. The quantitative estimate of drug-likeness (QED) is 0.864. The number of aromatic carboxylic acids is 1. The van der Waals surface area contributed by atoms with Crippen LogP contribution in [0.2, 0.25) is 0 Å². The second-order valence-corrected chi connectivity index (χ2v) is 6.59. The fraction of sp³-hybridized carbons (Fsp3) is 0.462. The fourth-order valence-corrected chi connectivity index (χ4v) is 3.40. The summed E-state index contributed by atoms with van der Waals surface area (Å²) in [5, 5.41) is 9.04. The first-order valence-corrected chi connectivity index (χ1v) is 8.14. The number of rotatable bonds is 4. The molecule has 22 heavy (non-hydrogen) atoms. The Morgan fingerprint density at radius 3 is 2.77 bits per heavy atom. The van der Waals surface area contributed by atoms with E-state index in [0.717, 1.165) is 16.4 Å². The molecule has 0 amide bonds. The number of hydrogen-bond acceptors (Lipinski definition) is 4. The summed E-state index contributed by atoms with van der Waals surface area (Å²) in [6.07, 6.45) is 0.539. The molecule has 122 valence electrons. The molecule has 1 aromatic rings. The average molecular weight is 332 g/mol. The van der Waals surface area contributed by atoms with E-state index in [1.165, 1.54) is 6.92 Å². The van der Waals surface area contributed by atoms with E-state index in [0.29, 0.717) is 13.0 Å². The number of carboxylic acid groups (broad SMARTS) is 1. The summed E-state index contributed by atoms with van der Waals surface area (Å²) in [6, 6.07) is 1.98. The molecule has 0 spiro atoms. The van der Waals surface area contributed by atoms with Crippen LogP contribution >= 0.6 is 0 Å². The van der Waals surface area contributed by atoms with Gasteiger partial charge in [-0.25, -0.2) is 9.18 Å². The second-order valence-electron chi connectivity index (χ2n) is 4.92. The van der Waals surface area contributed by atoms with Crippen LogP contribution < -0.4 is 4.72 Å². The van der Waals surface area contributed by atoms with Crippen LogP contribution in [0.3, 0.4) is 0 Å². The molecule has 1 heterocycles. The standard InChI is InChI=1S/C13H17FN2O5S/c1-9-7-11(14)12(8-10(9)13(17)18)15-22(19,20)16-3-2-5-21-6-4-16/h7-8,15H,2-6H2,1H3,(H,17,18). The Labute approximate surface area is 127 Å². The number of benzene rings is 1. The highest BCUT2D eigenvalue weighted by molar-refractivity contribution is 7.90. The molecular formula is C13H17FN2O5S.